The van der Waals surface area contributed by atoms with Crippen LogP contribution >= 0.6 is 7.14 Å². The fraction of sp³-hybridized carbons (Fsp3) is 0.250. The number of fused-ring (bicyclic) bond motifs is 1. The van der Waals surface area contributed by atoms with E-state index in [-0.39, 0.29) is 5.41 Å². The summed E-state index contributed by atoms with van der Waals surface area (Å²) in [6.07, 6.45) is 2.73. The van der Waals surface area contributed by atoms with Gasteiger partial charge in [0.25, 0.3) is 0 Å². The molecule has 262 valence electrons. The number of nitrogens with zero attached hydrogens (tertiary/aromatic N) is 4. The Morgan fingerprint density at radius 2 is 1.61 bits per heavy atom. The molecule has 0 radical (unpaired) electrons. The Hall–Kier alpha value is -5.47. The fourth-order valence-corrected chi connectivity index (χ4v) is 6.42. The van der Waals surface area contributed by atoms with Crippen LogP contribution in [0.25, 0.3) is 16.5 Å². The second-order valence-electron chi connectivity index (χ2n) is 14.1. The molecule has 11 heteroatoms. The molecule has 51 heavy (non-hydrogen) atoms. The molecule has 0 saturated heterocycles. The number of urea groups is 1. The summed E-state index contributed by atoms with van der Waals surface area (Å²) in [4.78, 5) is 22.5. The maximum absolute atomic E-state index is 13.5. The molecule has 0 aliphatic carbocycles. The number of ether oxygens (including phenoxy) is 1. The standard InChI is InChI=1S/C40H44N7O3P/c1-8-26(2)27-13-15-28(16-14-27)42-38-41-24-23-37(45-38)50-34-22-21-33(31-11-9-10-12-32(31)34)43-39(48)44-36-25-35(40(3,4)5)46-47(36)29-17-19-30(20-18-29)51(6,7)49/h9-26H,8H2,1-7H3,(H,41,42,45)(H2,43,44,48). The Labute approximate surface area is 299 Å². The molecule has 0 saturated carbocycles. The number of hydrogen-bond donors (Lipinski definition) is 3. The number of aromatic nitrogens is 4. The lowest BCUT2D eigenvalue weighted by Gasteiger charge is -2.15. The van der Waals surface area contributed by atoms with Crippen molar-refractivity contribution in [3.05, 3.63) is 115 Å². The molecule has 10 nitrogen and oxygen atoms in total. The van der Waals surface area contributed by atoms with E-state index in [4.69, 9.17) is 9.84 Å². The van der Waals surface area contributed by atoms with E-state index in [0.717, 1.165) is 39.6 Å². The van der Waals surface area contributed by atoms with Gasteiger partial charge in [-0.2, -0.15) is 10.1 Å². The molecule has 1 atom stereocenters. The number of carbonyl (C=O) groups excluding carboxylic acids is 1. The van der Waals surface area contributed by atoms with Crippen LogP contribution < -0.4 is 26.0 Å². The van der Waals surface area contributed by atoms with Gasteiger partial charge in [-0.25, -0.2) is 14.5 Å². The molecular weight excluding hydrogens is 657 g/mol. The molecule has 0 aliphatic heterocycles. The minimum Gasteiger partial charge on any atom is -0.438 e. The molecule has 6 rings (SSSR count). The first-order chi connectivity index (χ1) is 24.3. The monoisotopic (exact) mass is 701 g/mol. The third kappa shape index (κ3) is 8.30. The van der Waals surface area contributed by atoms with Crippen LogP contribution in [0.5, 0.6) is 11.6 Å². The van der Waals surface area contributed by atoms with Crippen LogP contribution in [0.3, 0.4) is 0 Å². The summed E-state index contributed by atoms with van der Waals surface area (Å²) in [7, 11) is -2.42. The minimum absolute atomic E-state index is 0.258. The van der Waals surface area contributed by atoms with Crippen molar-refractivity contribution in [2.45, 2.75) is 52.4 Å². The van der Waals surface area contributed by atoms with Crippen LogP contribution in [0.4, 0.5) is 27.9 Å². The Bertz CT molecular complexity index is 2220. The lowest BCUT2D eigenvalue weighted by Crippen LogP contribution is -2.21. The van der Waals surface area contributed by atoms with Gasteiger partial charge in [-0.3, -0.25) is 5.32 Å². The maximum atomic E-state index is 13.5. The molecule has 2 amide bonds. The lowest BCUT2D eigenvalue weighted by molar-refractivity contribution is 0.262. The second-order valence-corrected chi connectivity index (χ2v) is 17.3. The number of nitrogens with one attached hydrogen (secondary N) is 3. The van der Waals surface area contributed by atoms with E-state index < -0.39 is 13.2 Å². The Morgan fingerprint density at radius 3 is 2.27 bits per heavy atom. The first kappa shape index (κ1) is 35.4. The van der Waals surface area contributed by atoms with E-state index >= 15 is 0 Å². The van der Waals surface area contributed by atoms with Crippen molar-refractivity contribution in [1.82, 2.24) is 19.7 Å². The topological polar surface area (TPSA) is 123 Å². The van der Waals surface area contributed by atoms with E-state index in [1.165, 1.54) is 5.56 Å². The van der Waals surface area contributed by atoms with Crippen LogP contribution in [-0.2, 0) is 9.98 Å². The van der Waals surface area contributed by atoms with Gasteiger partial charge < -0.3 is 19.9 Å². The SMILES string of the molecule is CCC(C)c1ccc(Nc2nccc(Oc3ccc(NC(=O)Nc4cc(C(C)(C)C)nn4-c4ccc(P(C)(C)=O)cc4)c4ccccc34)n2)cc1. The molecule has 0 fully saturated rings. The summed E-state index contributed by atoms with van der Waals surface area (Å²) < 4.78 is 20.6. The summed E-state index contributed by atoms with van der Waals surface area (Å²) in [6.45, 7) is 14.1. The zero-order chi connectivity index (χ0) is 36.3. The average molecular weight is 702 g/mol. The number of hydrogen-bond acceptors (Lipinski definition) is 7. The predicted molar refractivity (Wildman–Crippen MR) is 208 cm³/mol. The average Bonchev–Trinajstić information content (AvgIpc) is 3.53. The first-order valence-corrected chi connectivity index (χ1v) is 19.6. The second kappa shape index (κ2) is 14.4. The summed E-state index contributed by atoms with van der Waals surface area (Å²) >= 11 is 0. The van der Waals surface area contributed by atoms with Gasteiger partial charge >= 0.3 is 6.03 Å². The van der Waals surface area contributed by atoms with Crippen molar-refractivity contribution in [2.75, 3.05) is 29.3 Å². The Kier molecular flexibility index (Phi) is 9.99. The van der Waals surface area contributed by atoms with E-state index in [1.807, 2.05) is 72.8 Å². The van der Waals surface area contributed by atoms with Gasteiger partial charge in [0.1, 0.15) is 18.7 Å². The van der Waals surface area contributed by atoms with Crippen LogP contribution in [0.15, 0.2) is 103 Å². The zero-order valence-corrected chi connectivity index (χ0v) is 31.0. The molecule has 6 aromatic rings. The third-order valence-corrected chi connectivity index (χ3v) is 10.3. The molecule has 1 unspecified atom stereocenters. The van der Waals surface area contributed by atoms with Crippen molar-refractivity contribution in [2.24, 2.45) is 0 Å². The van der Waals surface area contributed by atoms with Gasteiger partial charge in [0.05, 0.1) is 17.1 Å². The van der Waals surface area contributed by atoms with Gasteiger partial charge in [0.15, 0.2) is 0 Å². The summed E-state index contributed by atoms with van der Waals surface area (Å²) in [6, 6.07) is 30.2. The highest BCUT2D eigenvalue weighted by molar-refractivity contribution is 7.70. The highest BCUT2D eigenvalue weighted by atomic mass is 31.2. The van der Waals surface area contributed by atoms with Gasteiger partial charge in [0.2, 0.25) is 11.8 Å². The van der Waals surface area contributed by atoms with E-state index in [9.17, 15) is 9.36 Å². The fourth-order valence-electron chi connectivity index (χ4n) is 5.56. The number of rotatable bonds is 10. The van der Waals surface area contributed by atoms with Gasteiger partial charge in [0, 0.05) is 45.5 Å². The smallest absolute Gasteiger partial charge is 0.324 e. The summed E-state index contributed by atoms with van der Waals surface area (Å²) in [5, 5.41) is 16.5. The van der Waals surface area contributed by atoms with Crippen LogP contribution in [0.2, 0.25) is 0 Å². The molecular formula is C40H44N7O3P. The van der Waals surface area contributed by atoms with Gasteiger partial charge in [-0.1, -0.05) is 71.0 Å². The molecule has 0 aliphatic rings. The Balaban J connectivity index is 1.21. The van der Waals surface area contributed by atoms with Crippen LogP contribution in [0.1, 0.15) is 58.2 Å². The van der Waals surface area contributed by atoms with E-state index in [1.54, 1.807) is 36.3 Å². The zero-order valence-electron chi connectivity index (χ0n) is 30.1. The third-order valence-electron chi connectivity index (χ3n) is 8.76. The number of carbonyl (C=O) groups is 1. The highest BCUT2D eigenvalue weighted by Gasteiger charge is 2.22. The first-order valence-electron chi connectivity index (χ1n) is 17.0. The van der Waals surface area contributed by atoms with Crippen LogP contribution in [-0.4, -0.2) is 39.1 Å². The molecule has 2 heterocycles. The van der Waals surface area contributed by atoms with Crippen molar-refractivity contribution in [3.8, 4) is 17.3 Å². The summed E-state index contributed by atoms with van der Waals surface area (Å²) in [5.74, 6) is 2.38. The van der Waals surface area contributed by atoms with Gasteiger partial charge in [-0.05, 0) is 79.8 Å². The largest absolute Gasteiger partial charge is 0.438 e. The molecule has 3 N–H and O–H groups in total. The van der Waals surface area contributed by atoms with Gasteiger partial charge in [-0.15, -0.1) is 0 Å². The number of amides is 2. The van der Waals surface area contributed by atoms with Crippen molar-refractivity contribution in [3.63, 3.8) is 0 Å². The maximum Gasteiger partial charge on any atom is 0.324 e. The molecule has 0 bridgehead atoms. The number of benzene rings is 4. The quantitative estimate of drug-likeness (QED) is 0.122. The van der Waals surface area contributed by atoms with Crippen molar-refractivity contribution < 1.29 is 14.1 Å². The normalized spacial score (nSPS) is 12.4. The van der Waals surface area contributed by atoms with Crippen LogP contribution in [0, 0.1) is 0 Å². The molecule has 2 aromatic heterocycles. The lowest BCUT2D eigenvalue weighted by atomic mass is 9.92. The van der Waals surface area contributed by atoms with Crippen molar-refractivity contribution in [1.29, 1.82) is 0 Å². The molecule has 4 aromatic carbocycles. The Morgan fingerprint density at radius 1 is 0.902 bits per heavy atom. The highest BCUT2D eigenvalue weighted by Crippen LogP contribution is 2.36. The number of anilines is 4. The summed E-state index contributed by atoms with van der Waals surface area (Å²) in [5.41, 5.74) is 4.08. The predicted octanol–water partition coefficient (Wildman–Crippen LogP) is 10.1. The van der Waals surface area contributed by atoms with E-state index in [2.05, 4.69) is 72.7 Å². The minimum atomic E-state index is -2.42. The van der Waals surface area contributed by atoms with E-state index in [0.29, 0.717) is 35.0 Å². The van der Waals surface area contributed by atoms with Crippen molar-refractivity contribution >= 4 is 52.4 Å². The molecule has 0 spiro atoms.